The monoisotopic (exact) mass is 426 g/mol. The summed E-state index contributed by atoms with van der Waals surface area (Å²) in [5.74, 6) is 0.843. The van der Waals surface area contributed by atoms with Gasteiger partial charge in [0.15, 0.2) is 0 Å². The van der Waals surface area contributed by atoms with Gasteiger partial charge in [0.25, 0.3) is 0 Å². The second-order valence-electron chi connectivity index (χ2n) is 6.65. The maximum Gasteiger partial charge on any atom is 0.243 e. The van der Waals surface area contributed by atoms with Gasteiger partial charge < -0.3 is 15.2 Å². The highest BCUT2D eigenvalue weighted by Gasteiger charge is 2.39. The number of sulfonamides is 1. The number of nitrogens with zero attached hydrogens (tertiary/aromatic N) is 1. The van der Waals surface area contributed by atoms with Gasteiger partial charge in [-0.05, 0) is 42.3 Å². The highest BCUT2D eigenvalue weighted by atomic mass is 35.5. The number of rotatable bonds is 8. The van der Waals surface area contributed by atoms with Crippen molar-refractivity contribution in [2.45, 2.75) is 10.8 Å². The Morgan fingerprint density at radius 1 is 1.04 bits per heavy atom. The Hall–Kier alpha value is -1.64. The van der Waals surface area contributed by atoms with Crippen molar-refractivity contribution in [1.82, 2.24) is 4.31 Å². The maximum absolute atomic E-state index is 13.1. The fraction of sp³-hybridized carbons (Fsp3) is 0.400. The molecule has 0 unspecified atom stereocenters. The van der Waals surface area contributed by atoms with Gasteiger partial charge in [-0.1, -0.05) is 30.3 Å². The third-order valence-corrected chi connectivity index (χ3v) is 6.80. The average Bonchev–Trinajstić information content (AvgIpc) is 3.15. The minimum atomic E-state index is -3.57. The van der Waals surface area contributed by atoms with Crippen LogP contribution in [-0.2, 0) is 14.8 Å². The Morgan fingerprint density at radius 2 is 1.71 bits per heavy atom. The first kappa shape index (κ1) is 22.6. The van der Waals surface area contributed by atoms with E-state index < -0.39 is 10.0 Å². The van der Waals surface area contributed by atoms with Crippen LogP contribution >= 0.6 is 12.4 Å². The molecule has 0 aromatic heterocycles. The van der Waals surface area contributed by atoms with Gasteiger partial charge in [-0.25, -0.2) is 8.42 Å². The van der Waals surface area contributed by atoms with Crippen LogP contribution in [0.2, 0.25) is 0 Å². The molecule has 0 amide bonds. The molecule has 1 aliphatic rings. The van der Waals surface area contributed by atoms with E-state index in [-0.39, 0.29) is 29.1 Å². The summed E-state index contributed by atoms with van der Waals surface area (Å²) in [7, 11) is -1.96. The lowest BCUT2D eigenvalue weighted by Crippen LogP contribution is -2.30. The second kappa shape index (κ2) is 10.2. The predicted molar refractivity (Wildman–Crippen MR) is 112 cm³/mol. The lowest BCUT2D eigenvalue weighted by molar-refractivity contribution is 0.146. The van der Waals surface area contributed by atoms with Crippen LogP contribution in [0.4, 0.5) is 0 Å². The van der Waals surface area contributed by atoms with E-state index in [1.54, 1.807) is 35.7 Å². The highest BCUT2D eigenvalue weighted by Crippen LogP contribution is 2.35. The summed E-state index contributed by atoms with van der Waals surface area (Å²) in [5, 5.41) is 0. The van der Waals surface area contributed by atoms with Gasteiger partial charge >= 0.3 is 0 Å². The predicted octanol–water partition coefficient (Wildman–Crippen LogP) is 2.50. The molecular formula is C20H27ClN2O4S. The lowest BCUT2D eigenvalue weighted by atomic mass is 9.89. The van der Waals surface area contributed by atoms with E-state index in [4.69, 9.17) is 15.2 Å². The molecule has 3 rings (SSSR count). The van der Waals surface area contributed by atoms with Gasteiger partial charge in [-0.2, -0.15) is 4.31 Å². The molecule has 1 aliphatic heterocycles. The first-order chi connectivity index (χ1) is 13.1. The quantitative estimate of drug-likeness (QED) is 0.656. The lowest BCUT2D eigenvalue weighted by Gasteiger charge is -2.17. The van der Waals surface area contributed by atoms with Gasteiger partial charge in [0.2, 0.25) is 10.0 Å². The van der Waals surface area contributed by atoms with Crippen molar-refractivity contribution in [3.63, 3.8) is 0 Å². The Balaban J connectivity index is 0.00000280. The Kier molecular flexibility index (Phi) is 8.27. The van der Waals surface area contributed by atoms with Crippen molar-refractivity contribution in [2.75, 3.05) is 40.0 Å². The molecule has 28 heavy (non-hydrogen) atoms. The fourth-order valence-corrected chi connectivity index (χ4v) is 4.97. The topological polar surface area (TPSA) is 81.9 Å². The standard InChI is InChI=1S/C20H26N2O4S.ClH/c1-25-11-12-26-18-7-9-19(10-8-18)27(23,24)22-14-17(13-21)20(15-22)16-5-3-2-4-6-16;/h2-10,17,20H,11-15,21H2,1H3;1H/t17-,20+;/m1./s1. The van der Waals surface area contributed by atoms with E-state index in [1.165, 1.54) is 0 Å². The highest BCUT2D eigenvalue weighted by molar-refractivity contribution is 7.89. The largest absolute Gasteiger partial charge is 0.491 e. The second-order valence-corrected chi connectivity index (χ2v) is 8.59. The summed E-state index contributed by atoms with van der Waals surface area (Å²) >= 11 is 0. The fourth-order valence-electron chi connectivity index (χ4n) is 3.44. The molecule has 2 atom stereocenters. The minimum Gasteiger partial charge on any atom is -0.491 e. The molecule has 2 N–H and O–H groups in total. The van der Waals surface area contributed by atoms with E-state index in [9.17, 15) is 8.42 Å². The zero-order chi connectivity index (χ0) is 19.3. The number of hydrogen-bond acceptors (Lipinski definition) is 5. The molecule has 1 heterocycles. The Labute approximate surface area is 173 Å². The maximum atomic E-state index is 13.1. The normalized spacial score (nSPS) is 19.9. The molecular weight excluding hydrogens is 400 g/mol. The van der Waals surface area contributed by atoms with E-state index in [0.717, 1.165) is 5.56 Å². The first-order valence-electron chi connectivity index (χ1n) is 9.03. The third kappa shape index (κ3) is 5.04. The average molecular weight is 427 g/mol. The van der Waals surface area contributed by atoms with Gasteiger partial charge in [0, 0.05) is 26.1 Å². The van der Waals surface area contributed by atoms with Crippen LogP contribution < -0.4 is 10.5 Å². The van der Waals surface area contributed by atoms with Crippen LogP contribution in [-0.4, -0.2) is 52.7 Å². The zero-order valence-electron chi connectivity index (χ0n) is 15.9. The van der Waals surface area contributed by atoms with Crippen LogP contribution in [0, 0.1) is 5.92 Å². The van der Waals surface area contributed by atoms with E-state index in [1.807, 2.05) is 30.3 Å². The van der Waals surface area contributed by atoms with Gasteiger partial charge in [0.1, 0.15) is 12.4 Å². The zero-order valence-corrected chi connectivity index (χ0v) is 17.5. The Morgan fingerprint density at radius 3 is 2.32 bits per heavy atom. The van der Waals surface area contributed by atoms with Crippen LogP contribution in [0.1, 0.15) is 11.5 Å². The minimum absolute atomic E-state index is 0. The van der Waals surface area contributed by atoms with Crippen molar-refractivity contribution in [2.24, 2.45) is 11.7 Å². The molecule has 0 saturated carbocycles. The molecule has 8 heteroatoms. The molecule has 154 valence electrons. The number of ether oxygens (including phenoxy) is 2. The molecule has 0 bridgehead atoms. The van der Waals surface area contributed by atoms with Crippen molar-refractivity contribution < 1.29 is 17.9 Å². The third-order valence-electron chi connectivity index (χ3n) is 4.96. The molecule has 2 aromatic carbocycles. The van der Waals surface area contributed by atoms with E-state index in [0.29, 0.717) is 38.6 Å². The number of halogens is 1. The summed E-state index contributed by atoms with van der Waals surface area (Å²) in [5.41, 5.74) is 7.07. The van der Waals surface area contributed by atoms with E-state index in [2.05, 4.69) is 0 Å². The summed E-state index contributed by atoms with van der Waals surface area (Å²) in [4.78, 5) is 0.270. The van der Waals surface area contributed by atoms with Crippen molar-refractivity contribution in [3.8, 4) is 5.75 Å². The number of nitrogens with two attached hydrogens (primary N) is 1. The SMILES string of the molecule is COCCOc1ccc(S(=O)(=O)N2C[C@@H](CN)[C@H](c3ccccc3)C2)cc1.Cl. The van der Waals surface area contributed by atoms with Crippen LogP contribution in [0.3, 0.4) is 0 Å². The first-order valence-corrected chi connectivity index (χ1v) is 10.5. The van der Waals surface area contributed by atoms with Crippen LogP contribution in [0.25, 0.3) is 0 Å². The Bertz CT molecular complexity index is 831. The van der Waals surface area contributed by atoms with Crippen molar-refractivity contribution in [1.29, 1.82) is 0 Å². The number of methoxy groups -OCH3 is 1. The van der Waals surface area contributed by atoms with Gasteiger partial charge in [0.05, 0.1) is 11.5 Å². The van der Waals surface area contributed by atoms with Crippen molar-refractivity contribution >= 4 is 22.4 Å². The molecule has 0 aliphatic carbocycles. The van der Waals surface area contributed by atoms with Crippen LogP contribution in [0.5, 0.6) is 5.75 Å². The summed E-state index contributed by atoms with van der Waals surface area (Å²) < 4.78 is 38.1. The molecule has 0 spiro atoms. The van der Waals surface area contributed by atoms with E-state index >= 15 is 0 Å². The number of benzene rings is 2. The van der Waals surface area contributed by atoms with Crippen LogP contribution in [0.15, 0.2) is 59.5 Å². The molecule has 2 aromatic rings. The molecule has 0 radical (unpaired) electrons. The smallest absolute Gasteiger partial charge is 0.243 e. The van der Waals surface area contributed by atoms with Gasteiger partial charge in [-0.15, -0.1) is 12.4 Å². The summed E-state index contributed by atoms with van der Waals surface area (Å²) in [6.45, 7) is 2.24. The molecule has 1 fully saturated rings. The summed E-state index contributed by atoms with van der Waals surface area (Å²) in [6, 6.07) is 16.5. The number of hydrogen-bond donors (Lipinski definition) is 1. The van der Waals surface area contributed by atoms with Gasteiger partial charge in [-0.3, -0.25) is 0 Å². The molecule has 1 saturated heterocycles. The van der Waals surface area contributed by atoms with Crippen molar-refractivity contribution in [3.05, 3.63) is 60.2 Å². The summed E-state index contributed by atoms with van der Waals surface area (Å²) in [6.07, 6.45) is 0. The molecule has 6 nitrogen and oxygen atoms in total.